The van der Waals surface area contributed by atoms with E-state index in [4.69, 9.17) is 5.26 Å². The Balaban J connectivity index is 4.17. The Kier molecular flexibility index (Phi) is 4.76. The molecule has 0 aromatic rings. The van der Waals surface area contributed by atoms with Crippen molar-refractivity contribution in [3.63, 3.8) is 0 Å². The van der Waals surface area contributed by atoms with E-state index in [0.717, 1.165) is 12.1 Å². The van der Waals surface area contributed by atoms with E-state index in [1.807, 2.05) is 19.1 Å². The van der Waals surface area contributed by atoms with Crippen molar-refractivity contribution in [3.05, 3.63) is 24.4 Å². The molecule has 0 aliphatic carbocycles. The van der Waals surface area contributed by atoms with Crippen LogP contribution in [0.3, 0.4) is 0 Å². The Morgan fingerprint density at radius 2 is 2.27 bits per heavy atom. The van der Waals surface area contributed by atoms with Gasteiger partial charge in [0.15, 0.2) is 0 Å². The molecular weight excluding hydrogens is 136 g/mol. The first-order chi connectivity index (χ1) is 5.20. The number of rotatable bonds is 3. The van der Waals surface area contributed by atoms with Crippen LogP contribution in [0.25, 0.3) is 0 Å². The van der Waals surface area contributed by atoms with E-state index in [1.165, 1.54) is 0 Å². The Labute approximate surface area is 67.6 Å². The Bertz CT molecular complexity index is 228. The maximum atomic E-state index is 8.38. The van der Waals surface area contributed by atoms with Crippen LogP contribution in [0.15, 0.2) is 29.4 Å². The van der Waals surface area contributed by atoms with Gasteiger partial charge in [-0.05, 0) is 20.3 Å². The summed E-state index contributed by atoms with van der Waals surface area (Å²) >= 11 is 0. The number of hydrogen-bond donors (Lipinski definition) is 0. The molecule has 0 aliphatic heterocycles. The molecule has 0 aromatic carbocycles. The highest BCUT2D eigenvalue weighted by Gasteiger charge is 1.85. The van der Waals surface area contributed by atoms with Gasteiger partial charge in [-0.3, -0.25) is 0 Å². The van der Waals surface area contributed by atoms with Crippen molar-refractivity contribution in [1.29, 1.82) is 5.26 Å². The molecule has 0 rings (SSSR count). The van der Waals surface area contributed by atoms with Crippen LogP contribution in [0.1, 0.15) is 20.3 Å². The first-order valence-electron chi connectivity index (χ1n) is 3.43. The molecule has 2 heteroatoms. The molecule has 0 heterocycles. The second-order valence-corrected chi connectivity index (χ2v) is 2.18. The maximum absolute atomic E-state index is 8.38. The molecule has 0 saturated carbocycles. The molecule has 0 aliphatic rings. The quantitative estimate of drug-likeness (QED) is 0.447. The van der Waals surface area contributed by atoms with E-state index in [0.29, 0.717) is 5.71 Å². The van der Waals surface area contributed by atoms with Gasteiger partial charge in [0.2, 0.25) is 0 Å². The van der Waals surface area contributed by atoms with Crippen LogP contribution in [-0.4, -0.2) is 5.71 Å². The number of allylic oxidation sites excluding steroid dienone is 3. The van der Waals surface area contributed by atoms with Crippen molar-refractivity contribution in [2.45, 2.75) is 20.3 Å². The molecule has 0 fully saturated rings. The van der Waals surface area contributed by atoms with Crippen LogP contribution < -0.4 is 0 Å². The number of aliphatic imine (C=N–C) groups is 1. The zero-order valence-corrected chi connectivity index (χ0v) is 6.96. The third-order valence-corrected chi connectivity index (χ3v) is 1.09. The second-order valence-electron chi connectivity index (χ2n) is 2.18. The van der Waals surface area contributed by atoms with Gasteiger partial charge < -0.3 is 0 Å². The highest BCUT2D eigenvalue weighted by atomic mass is 14.7. The van der Waals surface area contributed by atoms with Gasteiger partial charge in [-0.2, -0.15) is 5.26 Å². The summed E-state index contributed by atoms with van der Waals surface area (Å²) in [4.78, 5) is 4.00. The number of nitriles is 1. The minimum Gasteiger partial charge on any atom is -0.248 e. The van der Waals surface area contributed by atoms with E-state index in [1.54, 1.807) is 13.0 Å². The number of hydrogen-bond acceptors (Lipinski definition) is 2. The Hall–Kier alpha value is -1.36. The van der Waals surface area contributed by atoms with Gasteiger partial charge in [0.05, 0.1) is 0 Å². The van der Waals surface area contributed by atoms with Crippen LogP contribution in [0.5, 0.6) is 0 Å². The normalized spacial score (nSPS) is 12.5. The minimum atomic E-state index is 0.489. The van der Waals surface area contributed by atoms with Crippen LogP contribution in [0.4, 0.5) is 0 Å². The molecule has 0 atom stereocenters. The lowest BCUT2D eigenvalue weighted by molar-refractivity contribution is 1.23. The second kappa shape index (κ2) is 5.43. The highest BCUT2D eigenvalue weighted by Crippen LogP contribution is 1.97. The van der Waals surface area contributed by atoms with Crippen LogP contribution in [0.2, 0.25) is 0 Å². The first kappa shape index (κ1) is 9.64. The minimum absolute atomic E-state index is 0.489. The molecule has 2 nitrogen and oxygen atoms in total. The molecule has 0 aromatic heterocycles. The van der Waals surface area contributed by atoms with Crippen molar-refractivity contribution >= 4 is 5.71 Å². The topological polar surface area (TPSA) is 36.1 Å². The standard InChI is InChI=1S/C9H12N2/c1-4-5-6-8(2)11-9(3)7-10/h4,6H,1,5H2,2-3H3/b8-6+,11-9?. The van der Waals surface area contributed by atoms with Gasteiger partial charge in [0.1, 0.15) is 11.8 Å². The summed E-state index contributed by atoms with van der Waals surface area (Å²) in [7, 11) is 0. The Morgan fingerprint density at radius 3 is 2.73 bits per heavy atom. The van der Waals surface area contributed by atoms with Crippen LogP contribution in [0, 0.1) is 11.3 Å². The van der Waals surface area contributed by atoms with Crippen LogP contribution >= 0.6 is 0 Å². The smallest absolute Gasteiger partial charge is 0.115 e. The van der Waals surface area contributed by atoms with E-state index in [9.17, 15) is 0 Å². The number of nitrogens with zero attached hydrogens (tertiary/aromatic N) is 2. The van der Waals surface area contributed by atoms with E-state index < -0.39 is 0 Å². The fourth-order valence-electron chi connectivity index (χ4n) is 0.589. The lowest BCUT2D eigenvalue weighted by Crippen LogP contribution is -1.84. The van der Waals surface area contributed by atoms with E-state index in [-0.39, 0.29) is 0 Å². The third kappa shape index (κ3) is 5.10. The summed E-state index contributed by atoms with van der Waals surface area (Å²) in [5, 5.41) is 8.38. The largest absolute Gasteiger partial charge is 0.248 e. The SMILES string of the molecule is C=CC/C=C(\C)N=C(C)C#N. The fourth-order valence-corrected chi connectivity index (χ4v) is 0.589. The highest BCUT2D eigenvalue weighted by molar-refractivity contribution is 5.96. The zero-order valence-electron chi connectivity index (χ0n) is 6.96. The van der Waals surface area contributed by atoms with E-state index in [2.05, 4.69) is 11.6 Å². The van der Waals surface area contributed by atoms with Gasteiger partial charge in [0, 0.05) is 5.70 Å². The molecular formula is C9H12N2. The van der Waals surface area contributed by atoms with Gasteiger partial charge in [-0.15, -0.1) is 6.58 Å². The predicted molar refractivity (Wildman–Crippen MR) is 47.3 cm³/mol. The molecule has 11 heavy (non-hydrogen) atoms. The first-order valence-corrected chi connectivity index (χ1v) is 3.43. The molecule has 0 spiro atoms. The monoisotopic (exact) mass is 148 g/mol. The van der Waals surface area contributed by atoms with Crippen molar-refractivity contribution < 1.29 is 0 Å². The van der Waals surface area contributed by atoms with Gasteiger partial charge >= 0.3 is 0 Å². The maximum Gasteiger partial charge on any atom is 0.115 e. The zero-order chi connectivity index (χ0) is 8.69. The van der Waals surface area contributed by atoms with Crippen molar-refractivity contribution in [2.24, 2.45) is 4.99 Å². The van der Waals surface area contributed by atoms with E-state index >= 15 is 0 Å². The molecule has 0 radical (unpaired) electrons. The molecule has 0 N–H and O–H groups in total. The van der Waals surface area contributed by atoms with Crippen molar-refractivity contribution in [3.8, 4) is 6.07 Å². The third-order valence-electron chi connectivity index (χ3n) is 1.09. The fraction of sp³-hybridized carbons (Fsp3) is 0.333. The molecule has 0 amide bonds. The summed E-state index contributed by atoms with van der Waals surface area (Å²) in [6.07, 6.45) is 4.52. The lowest BCUT2D eigenvalue weighted by Gasteiger charge is -1.89. The average Bonchev–Trinajstić information content (AvgIpc) is 2.00. The summed E-state index contributed by atoms with van der Waals surface area (Å²) in [5.74, 6) is 0. The summed E-state index contributed by atoms with van der Waals surface area (Å²) in [6, 6.07) is 1.96. The van der Waals surface area contributed by atoms with Crippen molar-refractivity contribution in [2.75, 3.05) is 0 Å². The summed E-state index contributed by atoms with van der Waals surface area (Å²) in [6.45, 7) is 7.13. The van der Waals surface area contributed by atoms with Gasteiger partial charge in [0.25, 0.3) is 0 Å². The van der Waals surface area contributed by atoms with Crippen LogP contribution in [-0.2, 0) is 0 Å². The van der Waals surface area contributed by atoms with Gasteiger partial charge in [-0.1, -0.05) is 12.2 Å². The molecule has 0 saturated heterocycles. The van der Waals surface area contributed by atoms with Gasteiger partial charge in [-0.25, -0.2) is 4.99 Å². The van der Waals surface area contributed by atoms with Crippen molar-refractivity contribution in [1.82, 2.24) is 0 Å². The molecule has 0 unspecified atom stereocenters. The summed E-state index contributed by atoms with van der Waals surface area (Å²) < 4.78 is 0. The summed E-state index contributed by atoms with van der Waals surface area (Å²) in [5.41, 5.74) is 1.35. The lowest BCUT2D eigenvalue weighted by atomic mass is 10.3. The Morgan fingerprint density at radius 1 is 1.64 bits per heavy atom. The predicted octanol–water partition coefficient (Wildman–Crippen LogP) is 2.45. The average molecular weight is 148 g/mol. The molecule has 58 valence electrons. The molecule has 0 bridgehead atoms.